The van der Waals surface area contributed by atoms with Gasteiger partial charge in [-0.25, -0.2) is 0 Å². The van der Waals surface area contributed by atoms with Gasteiger partial charge in [0.2, 0.25) is 0 Å². The summed E-state index contributed by atoms with van der Waals surface area (Å²) in [5.41, 5.74) is 3.81. The Bertz CT molecular complexity index is 1490. The molecular formula is C29H26IN3O5S. The lowest BCUT2D eigenvalue weighted by molar-refractivity contribution is -0.122. The molecule has 0 unspecified atom stereocenters. The van der Waals surface area contributed by atoms with Crippen LogP contribution in [-0.2, 0) is 14.4 Å². The number of para-hydroxylation sites is 1. The molecule has 8 nitrogen and oxygen atoms in total. The molecule has 39 heavy (non-hydrogen) atoms. The Morgan fingerprint density at radius 3 is 2.54 bits per heavy atom. The van der Waals surface area contributed by atoms with E-state index < -0.39 is 11.8 Å². The maximum Gasteiger partial charge on any atom is 0.270 e. The van der Waals surface area contributed by atoms with Gasteiger partial charge in [-0.1, -0.05) is 30.3 Å². The fraction of sp³-hybridized carbons (Fsp3) is 0.172. The molecule has 1 fully saturated rings. The van der Waals surface area contributed by atoms with Gasteiger partial charge in [0.25, 0.3) is 17.7 Å². The molecule has 0 atom stereocenters. The molecule has 0 bridgehead atoms. The lowest BCUT2D eigenvalue weighted by Crippen LogP contribution is -2.54. The van der Waals surface area contributed by atoms with Crippen molar-refractivity contribution < 1.29 is 23.9 Å². The fourth-order valence-electron chi connectivity index (χ4n) is 3.92. The summed E-state index contributed by atoms with van der Waals surface area (Å²) in [7, 11) is 0. The molecule has 3 aromatic carbocycles. The second kappa shape index (κ2) is 12.4. The number of benzene rings is 3. The molecular weight excluding hydrogens is 629 g/mol. The van der Waals surface area contributed by atoms with Crippen LogP contribution in [-0.4, -0.2) is 36.0 Å². The number of nitrogens with one attached hydrogen (secondary N) is 2. The van der Waals surface area contributed by atoms with E-state index in [1.165, 1.54) is 11.0 Å². The highest BCUT2D eigenvalue weighted by Crippen LogP contribution is 2.35. The highest BCUT2D eigenvalue weighted by molar-refractivity contribution is 14.1. The molecule has 1 saturated heterocycles. The third-order valence-corrected chi connectivity index (χ3v) is 7.07. The first kappa shape index (κ1) is 28.2. The molecule has 0 saturated carbocycles. The summed E-state index contributed by atoms with van der Waals surface area (Å²) in [5.74, 6) is -0.661. The molecule has 4 rings (SSSR count). The van der Waals surface area contributed by atoms with Crippen LogP contribution in [0.4, 0.5) is 11.4 Å². The van der Waals surface area contributed by atoms with Crippen LogP contribution in [0.15, 0.2) is 66.2 Å². The van der Waals surface area contributed by atoms with E-state index in [1.54, 1.807) is 36.4 Å². The van der Waals surface area contributed by atoms with E-state index in [1.807, 2.05) is 45.0 Å². The molecule has 0 aromatic heterocycles. The molecule has 3 amide bonds. The Hall–Kier alpha value is -3.77. The van der Waals surface area contributed by atoms with Gasteiger partial charge in [0.1, 0.15) is 5.57 Å². The van der Waals surface area contributed by atoms with Crippen molar-refractivity contribution in [3.05, 3.63) is 86.5 Å². The third-order valence-electron chi connectivity index (χ3n) is 5.99. The number of amides is 3. The average Bonchev–Trinajstić information content (AvgIpc) is 2.89. The maximum atomic E-state index is 13.3. The van der Waals surface area contributed by atoms with Crippen LogP contribution in [0.25, 0.3) is 6.08 Å². The standard InChI is InChI=1S/C29H26IN3O5S/c1-4-37-24-15-19(13-21-27(35)32-29(39)33(28(21)36)20-10-6-5-7-11-20)14-22(30)26(24)38-16-25(34)31-23-12-8-9-17(2)18(23)3/h5-15H,4,16H2,1-3H3,(H,31,34)(H,32,35,39)/b21-13-. The zero-order valence-corrected chi connectivity index (χ0v) is 24.5. The van der Waals surface area contributed by atoms with E-state index in [4.69, 9.17) is 21.7 Å². The van der Waals surface area contributed by atoms with Crippen LogP contribution in [0.1, 0.15) is 23.6 Å². The van der Waals surface area contributed by atoms with Gasteiger partial charge in [-0.05, 0) is 109 Å². The van der Waals surface area contributed by atoms with Crippen LogP contribution in [0.2, 0.25) is 0 Å². The maximum absolute atomic E-state index is 13.3. The summed E-state index contributed by atoms with van der Waals surface area (Å²) in [6.45, 7) is 5.86. The molecule has 1 aliphatic rings. The van der Waals surface area contributed by atoms with E-state index in [0.29, 0.717) is 32.9 Å². The van der Waals surface area contributed by atoms with Gasteiger partial charge < -0.3 is 14.8 Å². The lowest BCUT2D eigenvalue weighted by atomic mass is 10.1. The van der Waals surface area contributed by atoms with E-state index in [-0.39, 0.29) is 23.2 Å². The number of carbonyl (C=O) groups is 3. The van der Waals surface area contributed by atoms with Crippen molar-refractivity contribution >= 4 is 75.1 Å². The molecule has 3 aromatic rings. The van der Waals surface area contributed by atoms with Gasteiger partial charge in [0.05, 0.1) is 15.9 Å². The normalized spacial score (nSPS) is 14.3. The SMILES string of the molecule is CCOc1cc(/C=C2/C(=O)NC(=S)N(c3ccccc3)C2=O)cc(I)c1OCC(=O)Nc1cccc(C)c1C. The molecule has 0 spiro atoms. The molecule has 200 valence electrons. The second-order valence-corrected chi connectivity index (χ2v) is 10.2. The van der Waals surface area contributed by atoms with Gasteiger partial charge in [-0.2, -0.15) is 0 Å². The molecule has 2 N–H and O–H groups in total. The van der Waals surface area contributed by atoms with Crippen molar-refractivity contribution in [2.24, 2.45) is 0 Å². The van der Waals surface area contributed by atoms with E-state index in [9.17, 15) is 14.4 Å². The number of hydrogen-bond donors (Lipinski definition) is 2. The number of halogens is 1. The van der Waals surface area contributed by atoms with Crippen LogP contribution >= 0.6 is 34.8 Å². The van der Waals surface area contributed by atoms with E-state index in [0.717, 1.165) is 16.8 Å². The van der Waals surface area contributed by atoms with Crippen LogP contribution in [0.3, 0.4) is 0 Å². The first-order valence-electron chi connectivity index (χ1n) is 12.1. The van der Waals surface area contributed by atoms with Crippen molar-refractivity contribution in [2.45, 2.75) is 20.8 Å². The minimum Gasteiger partial charge on any atom is -0.490 e. The fourth-order valence-corrected chi connectivity index (χ4v) is 4.98. The number of nitrogens with zero attached hydrogens (tertiary/aromatic N) is 1. The molecule has 1 aliphatic heterocycles. The summed E-state index contributed by atoms with van der Waals surface area (Å²) in [5, 5.41) is 5.47. The highest BCUT2D eigenvalue weighted by atomic mass is 127. The average molecular weight is 656 g/mol. The molecule has 1 heterocycles. The van der Waals surface area contributed by atoms with Crippen LogP contribution in [0.5, 0.6) is 11.5 Å². The number of aryl methyl sites for hydroxylation is 1. The summed E-state index contributed by atoms with van der Waals surface area (Å²) in [6, 6.07) is 18.0. The Morgan fingerprint density at radius 2 is 1.82 bits per heavy atom. The van der Waals surface area contributed by atoms with Crippen molar-refractivity contribution in [1.82, 2.24) is 5.32 Å². The largest absolute Gasteiger partial charge is 0.490 e. The zero-order chi connectivity index (χ0) is 28.1. The predicted molar refractivity (Wildman–Crippen MR) is 163 cm³/mol. The Morgan fingerprint density at radius 1 is 1.08 bits per heavy atom. The lowest BCUT2D eigenvalue weighted by Gasteiger charge is -2.28. The van der Waals surface area contributed by atoms with Gasteiger partial charge in [-0.3, -0.25) is 24.6 Å². The minimum atomic E-state index is -0.589. The van der Waals surface area contributed by atoms with Gasteiger partial charge in [0.15, 0.2) is 23.2 Å². The van der Waals surface area contributed by atoms with Gasteiger partial charge >= 0.3 is 0 Å². The van der Waals surface area contributed by atoms with E-state index in [2.05, 4.69) is 33.2 Å². The Kier molecular flexibility index (Phi) is 8.97. The van der Waals surface area contributed by atoms with Crippen molar-refractivity contribution in [2.75, 3.05) is 23.4 Å². The number of anilines is 2. The number of carbonyl (C=O) groups excluding carboxylic acids is 3. The third kappa shape index (κ3) is 6.45. The molecule has 10 heteroatoms. The summed E-state index contributed by atoms with van der Waals surface area (Å²) in [6.07, 6.45) is 1.48. The van der Waals surface area contributed by atoms with E-state index >= 15 is 0 Å². The summed E-state index contributed by atoms with van der Waals surface area (Å²) in [4.78, 5) is 39.9. The first-order valence-corrected chi connectivity index (χ1v) is 13.6. The summed E-state index contributed by atoms with van der Waals surface area (Å²) < 4.78 is 12.3. The second-order valence-electron chi connectivity index (χ2n) is 8.64. The zero-order valence-electron chi connectivity index (χ0n) is 21.5. The molecule has 0 aliphatic carbocycles. The van der Waals surface area contributed by atoms with Crippen molar-refractivity contribution in [3.8, 4) is 11.5 Å². The number of ether oxygens (including phenoxy) is 2. The predicted octanol–water partition coefficient (Wildman–Crippen LogP) is 5.16. The monoisotopic (exact) mass is 655 g/mol. The van der Waals surface area contributed by atoms with Gasteiger partial charge in [0, 0.05) is 5.69 Å². The van der Waals surface area contributed by atoms with Crippen molar-refractivity contribution in [3.63, 3.8) is 0 Å². The Labute approximate surface area is 245 Å². The van der Waals surface area contributed by atoms with Crippen molar-refractivity contribution in [1.29, 1.82) is 0 Å². The summed E-state index contributed by atoms with van der Waals surface area (Å²) >= 11 is 7.32. The van der Waals surface area contributed by atoms with Crippen LogP contribution in [0, 0.1) is 17.4 Å². The molecule has 0 radical (unpaired) electrons. The topological polar surface area (TPSA) is 97.0 Å². The van der Waals surface area contributed by atoms with Crippen LogP contribution < -0.4 is 25.0 Å². The number of thiocarbonyl (C=S) groups is 1. The smallest absolute Gasteiger partial charge is 0.270 e. The first-order chi connectivity index (χ1) is 18.7. The quantitative estimate of drug-likeness (QED) is 0.151. The number of hydrogen-bond acceptors (Lipinski definition) is 6. The van der Waals surface area contributed by atoms with Gasteiger partial charge in [-0.15, -0.1) is 0 Å². The number of rotatable bonds is 8. The highest BCUT2D eigenvalue weighted by Gasteiger charge is 2.34. The Balaban J connectivity index is 1.58. The minimum absolute atomic E-state index is 0.0146.